The lowest BCUT2D eigenvalue weighted by Gasteiger charge is -1.95. The van der Waals surface area contributed by atoms with E-state index in [1.165, 1.54) is 0 Å². The summed E-state index contributed by atoms with van der Waals surface area (Å²) in [6, 6.07) is 6.82. The normalized spacial score (nSPS) is 8.90. The molecule has 0 spiro atoms. The molecule has 0 heterocycles. The molecule has 0 fully saturated rings. The van der Waals surface area contributed by atoms with Gasteiger partial charge in [-0.2, -0.15) is 0 Å². The van der Waals surface area contributed by atoms with E-state index in [2.05, 4.69) is 0 Å². The van der Waals surface area contributed by atoms with Crippen LogP contribution in [0.2, 0.25) is 5.02 Å². The van der Waals surface area contributed by atoms with E-state index in [0.717, 1.165) is 6.40 Å². The topological polar surface area (TPSA) is 33.1 Å². The smallest absolute Gasteiger partial charge is 0.173 e. The molecule has 1 rings (SSSR count). The number of hydrogen-bond donors (Lipinski definition) is 1. The molecule has 1 aromatic carbocycles. The Labute approximate surface area is 63.9 Å². The summed E-state index contributed by atoms with van der Waals surface area (Å²) < 4.78 is 4.74. The molecule has 0 amide bonds. The predicted octanol–water partition coefficient (Wildman–Crippen LogP) is 2.33. The molecule has 0 radical (unpaired) electrons. The monoisotopic (exact) mass is 155 g/mol. The van der Waals surface area contributed by atoms with E-state index in [4.69, 9.17) is 21.7 Å². The molecule has 3 heteroatoms. The van der Waals surface area contributed by atoms with Gasteiger partial charge in [0, 0.05) is 5.02 Å². The van der Waals surface area contributed by atoms with E-state index in [1.807, 2.05) is 0 Å². The van der Waals surface area contributed by atoms with Crippen molar-refractivity contribution in [1.82, 2.24) is 0 Å². The van der Waals surface area contributed by atoms with Crippen molar-refractivity contribution in [2.24, 2.45) is 0 Å². The third kappa shape index (κ3) is 1.74. The van der Waals surface area contributed by atoms with Gasteiger partial charge in [0.1, 0.15) is 5.75 Å². The van der Waals surface area contributed by atoms with Crippen molar-refractivity contribution in [3.63, 3.8) is 0 Å². The lowest BCUT2D eigenvalue weighted by atomic mass is 10.3. The molecule has 0 aliphatic heterocycles. The molecular weight excluding hydrogens is 150 g/mol. The molecule has 1 N–H and O–H groups in total. The van der Waals surface area contributed by atoms with Crippen LogP contribution in [0, 0.1) is 5.41 Å². The van der Waals surface area contributed by atoms with Gasteiger partial charge >= 0.3 is 0 Å². The second kappa shape index (κ2) is 3.22. The molecule has 0 atom stereocenters. The Bertz CT molecular complexity index is 220. The molecule has 0 saturated carbocycles. The van der Waals surface area contributed by atoms with Crippen LogP contribution in [-0.2, 0) is 0 Å². The van der Waals surface area contributed by atoms with Crippen LogP contribution in [0.15, 0.2) is 24.3 Å². The first-order valence-electron chi connectivity index (χ1n) is 2.74. The minimum absolute atomic E-state index is 0.624. The molecule has 0 unspecified atom stereocenters. The Hall–Kier alpha value is -1.02. The highest BCUT2D eigenvalue weighted by Gasteiger charge is 1.88. The molecular formula is C7H6ClNO. The van der Waals surface area contributed by atoms with Gasteiger partial charge in [0.05, 0.1) is 0 Å². The van der Waals surface area contributed by atoms with E-state index in [-0.39, 0.29) is 0 Å². The van der Waals surface area contributed by atoms with E-state index in [0.29, 0.717) is 10.8 Å². The highest BCUT2D eigenvalue weighted by molar-refractivity contribution is 6.30. The average molecular weight is 156 g/mol. The van der Waals surface area contributed by atoms with Gasteiger partial charge in [-0.3, -0.25) is 5.41 Å². The summed E-state index contributed by atoms with van der Waals surface area (Å²) in [4.78, 5) is 0. The zero-order chi connectivity index (χ0) is 7.40. The van der Waals surface area contributed by atoms with Gasteiger partial charge in [-0.05, 0) is 24.3 Å². The van der Waals surface area contributed by atoms with Crippen LogP contribution in [0.5, 0.6) is 5.75 Å². The standard InChI is InChI=1S/C7H6ClNO/c8-6-1-3-7(4-2-6)10-5-9/h1-5,9H. The minimum Gasteiger partial charge on any atom is -0.446 e. The number of nitrogens with one attached hydrogen (secondary N) is 1. The van der Waals surface area contributed by atoms with E-state index < -0.39 is 0 Å². The molecule has 10 heavy (non-hydrogen) atoms. The van der Waals surface area contributed by atoms with Gasteiger partial charge in [0.25, 0.3) is 0 Å². The lowest BCUT2D eigenvalue weighted by molar-refractivity contribution is 0.570. The minimum atomic E-state index is 0.624. The maximum absolute atomic E-state index is 6.61. The fraction of sp³-hybridized carbons (Fsp3) is 0. The fourth-order valence-electron chi connectivity index (χ4n) is 0.581. The van der Waals surface area contributed by atoms with Crippen molar-refractivity contribution in [3.05, 3.63) is 29.3 Å². The first-order chi connectivity index (χ1) is 4.83. The van der Waals surface area contributed by atoms with Crippen molar-refractivity contribution >= 4 is 18.0 Å². The number of rotatable bonds is 2. The highest BCUT2D eigenvalue weighted by atomic mass is 35.5. The predicted molar refractivity (Wildman–Crippen MR) is 40.9 cm³/mol. The van der Waals surface area contributed by atoms with Gasteiger partial charge in [-0.15, -0.1) is 0 Å². The number of ether oxygens (including phenoxy) is 1. The summed E-state index contributed by atoms with van der Waals surface area (Å²) >= 11 is 5.60. The summed E-state index contributed by atoms with van der Waals surface area (Å²) in [5, 5.41) is 7.28. The van der Waals surface area contributed by atoms with Crippen molar-refractivity contribution in [2.75, 3.05) is 0 Å². The largest absolute Gasteiger partial charge is 0.446 e. The molecule has 1 aromatic rings. The SMILES string of the molecule is N=COc1ccc(Cl)cc1. The molecule has 0 aliphatic carbocycles. The summed E-state index contributed by atoms with van der Waals surface area (Å²) in [6.45, 7) is 0. The van der Waals surface area contributed by atoms with Crippen LogP contribution in [-0.4, -0.2) is 6.40 Å². The molecule has 2 nitrogen and oxygen atoms in total. The summed E-state index contributed by atoms with van der Waals surface area (Å²) in [7, 11) is 0. The van der Waals surface area contributed by atoms with Crippen molar-refractivity contribution in [3.8, 4) is 5.75 Å². The van der Waals surface area contributed by atoms with Crippen molar-refractivity contribution in [1.29, 1.82) is 5.41 Å². The molecule has 0 aromatic heterocycles. The average Bonchev–Trinajstić information content (AvgIpc) is 1.95. The molecule has 0 bridgehead atoms. The Kier molecular flexibility index (Phi) is 2.29. The van der Waals surface area contributed by atoms with Crippen LogP contribution in [0.25, 0.3) is 0 Å². The fourth-order valence-corrected chi connectivity index (χ4v) is 0.707. The van der Waals surface area contributed by atoms with Crippen LogP contribution < -0.4 is 4.74 Å². The maximum atomic E-state index is 6.61. The highest BCUT2D eigenvalue weighted by Crippen LogP contribution is 2.14. The molecule has 0 saturated heterocycles. The summed E-state index contributed by atoms with van der Waals surface area (Å²) in [5.41, 5.74) is 0. The number of benzene rings is 1. The molecule has 52 valence electrons. The third-order valence-electron chi connectivity index (χ3n) is 1.01. The summed E-state index contributed by atoms with van der Waals surface area (Å²) in [5.74, 6) is 0.624. The Morgan fingerprint density at radius 2 is 1.90 bits per heavy atom. The number of hydrogen-bond acceptors (Lipinski definition) is 2. The van der Waals surface area contributed by atoms with Crippen LogP contribution in [0.1, 0.15) is 0 Å². The van der Waals surface area contributed by atoms with Gasteiger partial charge in [0.2, 0.25) is 0 Å². The first kappa shape index (κ1) is 7.09. The van der Waals surface area contributed by atoms with Gasteiger partial charge in [-0.25, -0.2) is 0 Å². The van der Waals surface area contributed by atoms with E-state index in [1.54, 1.807) is 24.3 Å². The lowest BCUT2D eigenvalue weighted by Crippen LogP contribution is -1.85. The van der Waals surface area contributed by atoms with Crippen LogP contribution in [0.3, 0.4) is 0 Å². The Morgan fingerprint density at radius 1 is 1.30 bits per heavy atom. The first-order valence-corrected chi connectivity index (χ1v) is 3.12. The zero-order valence-corrected chi connectivity index (χ0v) is 5.93. The van der Waals surface area contributed by atoms with Gasteiger partial charge in [-0.1, -0.05) is 11.6 Å². The summed E-state index contributed by atoms with van der Waals surface area (Å²) in [6.07, 6.45) is 0.878. The zero-order valence-electron chi connectivity index (χ0n) is 5.17. The second-order valence-electron chi connectivity index (χ2n) is 1.69. The van der Waals surface area contributed by atoms with Crippen molar-refractivity contribution in [2.45, 2.75) is 0 Å². The Balaban J connectivity index is 2.78. The van der Waals surface area contributed by atoms with Gasteiger partial charge < -0.3 is 4.74 Å². The third-order valence-corrected chi connectivity index (χ3v) is 1.26. The van der Waals surface area contributed by atoms with E-state index in [9.17, 15) is 0 Å². The van der Waals surface area contributed by atoms with Crippen LogP contribution in [0.4, 0.5) is 0 Å². The van der Waals surface area contributed by atoms with Crippen molar-refractivity contribution < 1.29 is 4.74 Å². The number of halogens is 1. The van der Waals surface area contributed by atoms with E-state index >= 15 is 0 Å². The molecule has 0 aliphatic rings. The van der Waals surface area contributed by atoms with Gasteiger partial charge in [0.15, 0.2) is 6.40 Å². The maximum Gasteiger partial charge on any atom is 0.173 e. The second-order valence-corrected chi connectivity index (χ2v) is 2.13. The van der Waals surface area contributed by atoms with Crippen LogP contribution >= 0.6 is 11.6 Å². The Morgan fingerprint density at radius 3 is 2.40 bits per heavy atom. The quantitative estimate of drug-likeness (QED) is 0.516.